The molecule has 0 aliphatic heterocycles. The molecule has 2 nitrogen and oxygen atoms in total. The molecule has 0 aliphatic carbocycles. The third kappa shape index (κ3) is 2.89. The van der Waals surface area contributed by atoms with Crippen LogP contribution in [0.15, 0.2) is 18.2 Å². The zero-order chi connectivity index (χ0) is 10.6. The van der Waals surface area contributed by atoms with Gasteiger partial charge < -0.3 is 10.1 Å². The summed E-state index contributed by atoms with van der Waals surface area (Å²) in [7, 11) is 3.62. The molecule has 0 aliphatic rings. The Morgan fingerprint density at radius 3 is 2.79 bits per heavy atom. The Labute approximate surface area is 90.2 Å². The summed E-state index contributed by atoms with van der Waals surface area (Å²) in [5, 5.41) is 3.94. The van der Waals surface area contributed by atoms with Gasteiger partial charge in [-0.2, -0.15) is 0 Å². The molecule has 0 spiro atoms. The molecule has 0 saturated heterocycles. The average Bonchev–Trinajstić information content (AvgIpc) is 2.18. The maximum absolute atomic E-state index is 5.92. The summed E-state index contributed by atoms with van der Waals surface area (Å²) in [5.74, 6) is 0.900. The summed E-state index contributed by atoms with van der Waals surface area (Å²) in [6.45, 7) is 2.13. The molecule has 0 radical (unpaired) electrons. The van der Waals surface area contributed by atoms with Crippen molar-refractivity contribution in [1.82, 2.24) is 5.32 Å². The molecule has 1 aromatic rings. The number of hydrogen-bond acceptors (Lipinski definition) is 2. The van der Waals surface area contributed by atoms with Crippen molar-refractivity contribution in [2.75, 3.05) is 14.2 Å². The highest BCUT2D eigenvalue weighted by Gasteiger charge is 2.07. The van der Waals surface area contributed by atoms with Crippen LogP contribution in [-0.2, 0) is 6.42 Å². The van der Waals surface area contributed by atoms with Gasteiger partial charge in [0.25, 0.3) is 0 Å². The van der Waals surface area contributed by atoms with E-state index in [0.29, 0.717) is 6.04 Å². The maximum atomic E-state index is 5.92. The molecule has 0 fully saturated rings. The SMILES string of the molecule is CNC(C)Cc1cc(Cl)ccc1OC. The minimum absolute atomic E-state index is 0.419. The third-order valence-electron chi connectivity index (χ3n) is 2.26. The smallest absolute Gasteiger partial charge is 0.122 e. The van der Waals surface area contributed by atoms with Gasteiger partial charge >= 0.3 is 0 Å². The quantitative estimate of drug-likeness (QED) is 0.830. The number of ether oxygens (including phenoxy) is 1. The lowest BCUT2D eigenvalue weighted by molar-refractivity contribution is 0.407. The Morgan fingerprint density at radius 2 is 2.21 bits per heavy atom. The lowest BCUT2D eigenvalue weighted by Gasteiger charge is -2.13. The molecule has 14 heavy (non-hydrogen) atoms. The first kappa shape index (κ1) is 11.3. The van der Waals surface area contributed by atoms with Crippen LogP contribution >= 0.6 is 11.6 Å². The fourth-order valence-electron chi connectivity index (χ4n) is 1.34. The zero-order valence-electron chi connectivity index (χ0n) is 8.80. The summed E-state index contributed by atoms with van der Waals surface area (Å²) in [5.41, 5.74) is 1.14. The van der Waals surface area contributed by atoms with Crippen molar-refractivity contribution < 1.29 is 4.74 Å². The van der Waals surface area contributed by atoms with Crippen molar-refractivity contribution in [1.29, 1.82) is 0 Å². The Bertz CT molecular complexity index is 301. The van der Waals surface area contributed by atoms with Crippen LogP contribution in [-0.4, -0.2) is 20.2 Å². The van der Waals surface area contributed by atoms with E-state index < -0.39 is 0 Å². The molecule has 78 valence electrons. The number of hydrogen-bond donors (Lipinski definition) is 1. The van der Waals surface area contributed by atoms with Crippen molar-refractivity contribution in [3.05, 3.63) is 28.8 Å². The van der Waals surface area contributed by atoms with Crippen LogP contribution in [0.2, 0.25) is 5.02 Å². The molecule has 3 heteroatoms. The first-order valence-electron chi connectivity index (χ1n) is 4.67. The number of methoxy groups -OCH3 is 1. The van der Waals surface area contributed by atoms with Gasteiger partial charge in [0, 0.05) is 11.1 Å². The first-order chi connectivity index (χ1) is 6.67. The largest absolute Gasteiger partial charge is 0.496 e. The van der Waals surface area contributed by atoms with Gasteiger partial charge in [-0.25, -0.2) is 0 Å². The molecule has 1 rings (SSSR count). The fourth-order valence-corrected chi connectivity index (χ4v) is 1.53. The molecule has 0 bridgehead atoms. The molecule has 0 amide bonds. The average molecular weight is 214 g/mol. The van der Waals surface area contributed by atoms with Gasteiger partial charge in [-0.15, -0.1) is 0 Å². The molecule has 0 saturated carbocycles. The lowest BCUT2D eigenvalue weighted by atomic mass is 10.1. The van der Waals surface area contributed by atoms with Crippen LogP contribution in [0, 0.1) is 0 Å². The van der Waals surface area contributed by atoms with E-state index in [2.05, 4.69) is 12.2 Å². The summed E-state index contributed by atoms with van der Waals surface area (Å²) in [4.78, 5) is 0. The van der Waals surface area contributed by atoms with Gasteiger partial charge in [0.2, 0.25) is 0 Å². The predicted octanol–water partition coefficient (Wildman–Crippen LogP) is 2.50. The van der Waals surface area contributed by atoms with E-state index in [9.17, 15) is 0 Å². The van der Waals surface area contributed by atoms with Crippen molar-refractivity contribution in [3.63, 3.8) is 0 Å². The molecule has 1 unspecified atom stereocenters. The summed E-state index contributed by atoms with van der Waals surface area (Å²) < 4.78 is 5.26. The molecule has 1 atom stereocenters. The standard InChI is InChI=1S/C11H16ClNO/c1-8(13-2)6-9-7-10(12)4-5-11(9)14-3/h4-5,7-8,13H,6H2,1-3H3. The Balaban J connectivity index is 2.87. The van der Waals surface area contributed by atoms with Gasteiger partial charge in [-0.1, -0.05) is 11.6 Å². The number of benzene rings is 1. The highest BCUT2D eigenvalue weighted by molar-refractivity contribution is 6.30. The van der Waals surface area contributed by atoms with Crippen LogP contribution in [0.1, 0.15) is 12.5 Å². The molecular formula is C11H16ClNO. The Hall–Kier alpha value is -0.730. The second kappa shape index (κ2) is 5.23. The van der Waals surface area contributed by atoms with Gasteiger partial charge in [-0.3, -0.25) is 0 Å². The van der Waals surface area contributed by atoms with E-state index in [1.165, 1.54) is 0 Å². The first-order valence-corrected chi connectivity index (χ1v) is 5.05. The van der Waals surface area contributed by atoms with Crippen molar-refractivity contribution >= 4 is 11.6 Å². The van der Waals surface area contributed by atoms with Gasteiger partial charge in [0.05, 0.1) is 7.11 Å². The number of likely N-dealkylation sites (N-methyl/N-ethyl adjacent to an activating group) is 1. The minimum Gasteiger partial charge on any atom is -0.496 e. The zero-order valence-corrected chi connectivity index (χ0v) is 9.56. The summed E-state index contributed by atoms with van der Waals surface area (Å²) in [6, 6.07) is 6.12. The Morgan fingerprint density at radius 1 is 1.50 bits per heavy atom. The van der Waals surface area contributed by atoms with E-state index in [0.717, 1.165) is 22.8 Å². The van der Waals surface area contributed by atoms with E-state index in [1.807, 2.05) is 25.2 Å². The van der Waals surface area contributed by atoms with Crippen LogP contribution in [0.25, 0.3) is 0 Å². The highest BCUT2D eigenvalue weighted by Crippen LogP contribution is 2.23. The second-order valence-corrected chi connectivity index (χ2v) is 3.79. The molecule has 1 N–H and O–H groups in total. The van der Waals surface area contributed by atoms with E-state index >= 15 is 0 Å². The number of nitrogens with one attached hydrogen (secondary N) is 1. The molecule has 1 aromatic carbocycles. The minimum atomic E-state index is 0.419. The normalized spacial score (nSPS) is 12.6. The third-order valence-corrected chi connectivity index (χ3v) is 2.50. The fraction of sp³-hybridized carbons (Fsp3) is 0.455. The van der Waals surface area contributed by atoms with Crippen molar-refractivity contribution in [2.45, 2.75) is 19.4 Å². The summed E-state index contributed by atoms with van der Waals surface area (Å²) in [6.07, 6.45) is 0.917. The molecular weight excluding hydrogens is 198 g/mol. The van der Waals surface area contributed by atoms with Crippen LogP contribution < -0.4 is 10.1 Å². The van der Waals surface area contributed by atoms with Gasteiger partial charge in [-0.05, 0) is 44.2 Å². The molecule has 0 heterocycles. The van der Waals surface area contributed by atoms with E-state index in [4.69, 9.17) is 16.3 Å². The summed E-state index contributed by atoms with van der Waals surface area (Å²) >= 11 is 5.92. The number of halogens is 1. The van der Waals surface area contributed by atoms with Gasteiger partial charge in [0.1, 0.15) is 5.75 Å². The predicted molar refractivity (Wildman–Crippen MR) is 60.2 cm³/mol. The number of rotatable bonds is 4. The van der Waals surface area contributed by atoms with E-state index in [1.54, 1.807) is 7.11 Å². The van der Waals surface area contributed by atoms with Gasteiger partial charge in [0.15, 0.2) is 0 Å². The molecule has 0 aromatic heterocycles. The van der Waals surface area contributed by atoms with Crippen molar-refractivity contribution in [2.24, 2.45) is 0 Å². The Kier molecular flexibility index (Phi) is 4.23. The second-order valence-electron chi connectivity index (χ2n) is 3.35. The maximum Gasteiger partial charge on any atom is 0.122 e. The topological polar surface area (TPSA) is 21.3 Å². The van der Waals surface area contributed by atoms with Crippen LogP contribution in [0.4, 0.5) is 0 Å². The lowest BCUT2D eigenvalue weighted by Crippen LogP contribution is -2.23. The van der Waals surface area contributed by atoms with Crippen molar-refractivity contribution in [3.8, 4) is 5.75 Å². The van der Waals surface area contributed by atoms with Crippen LogP contribution in [0.5, 0.6) is 5.75 Å². The van der Waals surface area contributed by atoms with E-state index in [-0.39, 0.29) is 0 Å². The highest BCUT2D eigenvalue weighted by atomic mass is 35.5. The monoisotopic (exact) mass is 213 g/mol. The van der Waals surface area contributed by atoms with Crippen LogP contribution in [0.3, 0.4) is 0 Å².